The Morgan fingerprint density at radius 3 is 2.41 bits per heavy atom. The van der Waals surface area contributed by atoms with Crippen molar-refractivity contribution >= 4 is 12.0 Å². The van der Waals surface area contributed by atoms with Gasteiger partial charge in [0, 0.05) is 5.56 Å². The van der Waals surface area contributed by atoms with Crippen LogP contribution >= 0.6 is 0 Å². The van der Waals surface area contributed by atoms with Gasteiger partial charge in [-0.05, 0) is 17.7 Å². The Hall–Kier alpha value is -2.66. The summed E-state index contributed by atoms with van der Waals surface area (Å²) in [6, 6.07) is 18.2. The second kappa shape index (κ2) is 6.41. The third-order valence-corrected chi connectivity index (χ3v) is 3.36. The number of hydrogen-bond donors (Lipinski definition) is 0. The first-order chi connectivity index (χ1) is 10.8. The van der Waals surface area contributed by atoms with Gasteiger partial charge in [0.15, 0.2) is 6.23 Å². The third-order valence-electron chi connectivity index (χ3n) is 3.36. The van der Waals surface area contributed by atoms with Gasteiger partial charge < -0.3 is 9.47 Å². The van der Waals surface area contributed by atoms with E-state index in [1.807, 2.05) is 36.4 Å². The van der Waals surface area contributed by atoms with Gasteiger partial charge in [0.1, 0.15) is 6.61 Å². The number of benzene rings is 2. The van der Waals surface area contributed by atoms with Crippen LogP contribution in [0.3, 0.4) is 0 Å². The molecule has 1 aliphatic heterocycles. The van der Waals surface area contributed by atoms with Crippen molar-refractivity contribution in [3.8, 4) is 0 Å². The molecule has 0 spiro atoms. The number of hydrogen-bond acceptors (Lipinski definition) is 4. The van der Waals surface area contributed by atoms with Crippen molar-refractivity contribution in [3.63, 3.8) is 0 Å². The van der Waals surface area contributed by atoms with Gasteiger partial charge in [0.2, 0.25) is 0 Å². The van der Waals surface area contributed by atoms with Crippen LogP contribution in [0.15, 0.2) is 60.7 Å². The number of imide groups is 1. The van der Waals surface area contributed by atoms with Gasteiger partial charge in [0.05, 0.1) is 6.61 Å². The predicted molar refractivity (Wildman–Crippen MR) is 79.0 cm³/mol. The molecule has 1 heterocycles. The fraction of sp³-hybridized carbons (Fsp3) is 0.176. The van der Waals surface area contributed by atoms with Gasteiger partial charge in [-0.2, -0.15) is 0 Å². The lowest BCUT2D eigenvalue weighted by atomic mass is 10.2. The number of carbonyl (C=O) groups excluding carboxylic acids is 2. The van der Waals surface area contributed by atoms with E-state index in [4.69, 9.17) is 9.47 Å². The molecule has 1 fully saturated rings. The highest BCUT2D eigenvalue weighted by atomic mass is 16.6. The molecule has 2 aromatic carbocycles. The van der Waals surface area contributed by atoms with Crippen LogP contribution in [0.2, 0.25) is 0 Å². The molecule has 0 saturated carbocycles. The van der Waals surface area contributed by atoms with Crippen molar-refractivity contribution in [2.75, 3.05) is 6.61 Å². The molecule has 1 unspecified atom stereocenters. The number of cyclic esters (lactones) is 1. The maximum atomic E-state index is 12.4. The van der Waals surface area contributed by atoms with Crippen LogP contribution in [0, 0.1) is 0 Å². The number of carbonyl (C=O) groups is 2. The maximum absolute atomic E-state index is 12.4. The van der Waals surface area contributed by atoms with E-state index in [9.17, 15) is 9.59 Å². The molecule has 3 rings (SSSR count). The molecular formula is C17H15NO4. The summed E-state index contributed by atoms with van der Waals surface area (Å²) in [7, 11) is 0. The van der Waals surface area contributed by atoms with E-state index < -0.39 is 18.2 Å². The second-order valence-corrected chi connectivity index (χ2v) is 4.87. The van der Waals surface area contributed by atoms with Crippen LogP contribution < -0.4 is 0 Å². The smallest absolute Gasteiger partial charge is 0.419 e. The number of amides is 2. The average Bonchev–Trinajstić information content (AvgIpc) is 2.95. The summed E-state index contributed by atoms with van der Waals surface area (Å²) in [5, 5.41) is 0. The first-order valence-corrected chi connectivity index (χ1v) is 6.96. The van der Waals surface area contributed by atoms with Gasteiger partial charge in [-0.3, -0.25) is 4.79 Å². The lowest BCUT2D eigenvalue weighted by Gasteiger charge is -2.20. The minimum absolute atomic E-state index is 0.0459. The van der Waals surface area contributed by atoms with E-state index in [2.05, 4.69) is 0 Å². The van der Waals surface area contributed by atoms with Crippen LogP contribution in [-0.2, 0) is 16.1 Å². The quantitative estimate of drug-likeness (QED) is 0.870. The Bertz CT molecular complexity index is 657. The van der Waals surface area contributed by atoms with E-state index in [1.165, 1.54) is 0 Å². The highest BCUT2D eigenvalue weighted by Gasteiger charge is 2.39. The Balaban J connectivity index is 1.71. The molecule has 1 aliphatic rings. The highest BCUT2D eigenvalue weighted by molar-refractivity contribution is 6.03. The van der Waals surface area contributed by atoms with Crippen molar-refractivity contribution in [1.82, 2.24) is 4.90 Å². The molecular weight excluding hydrogens is 282 g/mol. The highest BCUT2D eigenvalue weighted by Crippen LogP contribution is 2.19. The minimum Gasteiger partial charge on any atom is -0.444 e. The van der Waals surface area contributed by atoms with Crippen LogP contribution in [0.1, 0.15) is 15.9 Å². The molecule has 2 aromatic rings. The van der Waals surface area contributed by atoms with E-state index >= 15 is 0 Å². The molecule has 0 N–H and O–H groups in total. The van der Waals surface area contributed by atoms with Crippen LogP contribution in [-0.4, -0.2) is 29.7 Å². The topological polar surface area (TPSA) is 55.8 Å². The van der Waals surface area contributed by atoms with Gasteiger partial charge in [-0.1, -0.05) is 48.5 Å². The molecule has 1 atom stereocenters. The zero-order valence-electron chi connectivity index (χ0n) is 11.8. The molecule has 0 aliphatic carbocycles. The molecule has 5 heteroatoms. The van der Waals surface area contributed by atoms with Crippen molar-refractivity contribution in [2.45, 2.75) is 12.8 Å². The molecule has 2 amide bonds. The zero-order valence-corrected chi connectivity index (χ0v) is 11.8. The average molecular weight is 297 g/mol. The maximum Gasteiger partial charge on any atom is 0.419 e. The second-order valence-electron chi connectivity index (χ2n) is 4.87. The normalized spacial score (nSPS) is 17.4. The van der Waals surface area contributed by atoms with Crippen LogP contribution in [0.25, 0.3) is 0 Å². The van der Waals surface area contributed by atoms with E-state index in [1.54, 1.807) is 24.3 Å². The van der Waals surface area contributed by atoms with Gasteiger partial charge >= 0.3 is 6.09 Å². The SMILES string of the molecule is O=C1OCC(OCc2ccccc2)N1C(=O)c1ccccc1. The summed E-state index contributed by atoms with van der Waals surface area (Å²) in [5.41, 5.74) is 1.39. The van der Waals surface area contributed by atoms with Crippen LogP contribution in [0.4, 0.5) is 4.79 Å². The first kappa shape index (κ1) is 14.3. The molecule has 0 aromatic heterocycles. The minimum atomic E-state index is -0.708. The molecule has 0 bridgehead atoms. The molecule has 5 nitrogen and oxygen atoms in total. The standard InChI is InChI=1S/C17H15NO4/c19-16(14-9-5-2-6-10-14)18-15(12-22-17(18)20)21-11-13-7-3-1-4-8-13/h1-10,15H,11-12H2. The fourth-order valence-electron chi connectivity index (χ4n) is 2.23. The number of ether oxygens (including phenoxy) is 2. The van der Waals surface area contributed by atoms with Crippen molar-refractivity contribution < 1.29 is 19.1 Å². The monoisotopic (exact) mass is 297 g/mol. The molecule has 112 valence electrons. The Morgan fingerprint density at radius 1 is 1.09 bits per heavy atom. The first-order valence-electron chi connectivity index (χ1n) is 6.96. The zero-order chi connectivity index (χ0) is 15.4. The van der Waals surface area contributed by atoms with Gasteiger partial charge in [-0.15, -0.1) is 0 Å². The van der Waals surface area contributed by atoms with Gasteiger partial charge in [0.25, 0.3) is 5.91 Å². The molecule has 0 radical (unpaired) electrons. The Morgan fingerprint density at radius 2 is 1.73 bits per heavy atom. The van der Waals surface area contributed by atoms with E-state index in [-0.39, 0.29) is 6.61 Å². The van der Waals surface area contributed by atoms with Crippen molar-refractivity contribution in [1.29, 1.82) is 0 Å². The summed E-state index contributed by atoms with van der Waals surface area (Å²) in [6.45, 7) is 0.352. The van der Waals surface area contributed by atoms with Crippen molar-refractivity contribution in [3.05, 3.63) is 71.8 Å². The summed E-state index contributed by atoms with van der Waals surface area (Å²) in [4.78, 5) is 25.3. The van der Waals surface area contributed by atoms with Crippen LogP contribution in [0.5, 0.6) is 0 Å². The fourth-order valence-corrected chi connectivity index (χ4v) is 2.23. The number of rotatable bonds is 4. The molecule has 1 saturated heterocycles. The summed E-state index contributed by atoms with van der Waals surface area (Å²) >= 11 is 0. The Labute approximate surface area is 128 Å². The largest absolute Gasteiger partial charge is 0.444 e. The lowest BCUT2D eigenvalue weighted by Crippen LogP contribution is -2.40. The summed E-state index contributed by atoms with van der Waals surface area (Å²) in [6.07, 6.45) is -1.38. The number of nitrogens with zero attached hydrogens (tertiary/aromatic N) is 1. The Kier molecular flexibility index (Phi) is 4.16. The van der Waals surface area contributed by atoms with E-state index in [0.717, 1.165) is 10.5 Å². The predicted octanol–water partition coefficient (Wildman–Crippen LogP) is 2.82. The van der Waals surface area contributed by atoms with Gasteiger partial charge in [-0.25, -0.2) is 9.69 Å². The lowest BCUT2D eigenvalue weighted by molar-refractivity contribution is -0.0234. The van der Waals surface area contributed by atoms with E-state index in [0.29, 0.717) is 12.2 Å². The third kappa shape index (κ3) is 2.99. The summed E-state index contributed by atoms with van der Waals surface area (Å²) < 4.78 is 10.6. The molecule has 22 heavy (non-hydrogen) atoms. The summed E-state index contributed by atoms with van der Waals surface area (Å²) in [5.74, 6) is -0.416. The van der Waals surface area contributed by atoms with Crippen molar-refractivity contribution in [2.24, 2.45) is 0 Å².